The van der Waals surface area contributed by atoms with Crippen LogP contribution >= 0.6 is 0 Å². The maximum Gasteiger partial charge on any atom is 0.290 e. The molecule has 5 heteroatoms. The van der Waals surface area contributed by atoms with E-state index in [4.69, 9.17) is 4.74 Å². The SMILES string of the molecule is CC1CC2OC3=C(C(=O)C2CC1C)C(c1ccccc1)N(CCN(C)C)C3=O. The molecule has 5 atom stereocenters. The van der Waals surface area contributed by atoms with E-state index in [1.807, 2.05) is 49.3 Å². The van der Waals surface area contributed by atoms with E-state index in [1.165, 1.54) is 0 Å². The van der Waals surface area contributed by atoms with E-state index >= 15 is 0 Å². The van der Waals surface area contributed by atoms with Crippen molar-refractivity contribution in [3.8, 4) is 0 Å². The Morgan fingerprint density at radius 3 is 2.43 bits per heavy atom. The highest BCUT2D eigenvalue weighted by atomic mass is 16.5. The number of rotatable bonds is 4. The van der Waals surface area contributed by atoms with Crippen LogP contribution in [0.2, 0.25) is 0 Å². The van der Waals surface area contributed by atoms with Crippen molar-refractivity contribution in [2.45, 2.75) is 38.8 Å². The second kappa shape index (κ2) is 7.36. The lowest BCUT2D eigenvalue weighted by atomic mass is 9.70. The van der Waals surface area contributed by atoms with Crippen molar-refractivity contribution in [2.75, 3.05) is 27.2 Å². The predicted molar refractivity (Wildman–Crippen MR) is 107 cm³/mol. The monoisotopic (exact) mass is 382 g/mol. The van der Waals surface area contributed by atoms with Gasteiger partial charge in [0.05, 0.1) is 17.5 Å². The summed E-state index contributed by atoms with van der Waals surface area (Å²) in [4.78, 5) is 30.7. The van der Waals surface area contributed by atoms with E-state index in [0.29, 0.717) is 29.7 Å². The van der Waals surface area contributed by atoms with Crippen LogP contribution in [-0.2, 0) is 14.3 Å². The molecule has 1 saturated carbocycles. The fourth-order valence-electron chi connectivity index (χ4n) is 4.83. The molecule has 5 nitrogen and oxygen atoms in total. The third-order valence-corrected chi connectivity index (χ3v) is 6.71. The van der Waals surface area contributed by atoms with E-state index in [-0.39, 0.29) is 29.8 Å². The lowest BCUT2D eigenvalue weighted by molar-refractivity contribution is -0.137. The van der Waals surface area contributed by atoms with Crippen LogP contribution in [-0.4, -0.2) is 54.8 Å². The van der Waals surface area contributed by atoms with Gasteiger partial charge < -0.3 is 14.5 Å². The van der Waals surface area contributed by atoms with Crippen molar-refractivity contribution in [2.24, 2.45) is 17.8 Å². The minimum Gasteiger partial charge on any atom is -0.483 e. The average Bonchev–Trinajstić information content (AvgIpc) is 2.95. The fourth-order valence-corrected chi connectivity index (χ4v) is 4.83. The van der Waals surface area contributed by atoms with Crippen LogP contribution in [0.15, 0.2) is 41.7 Å². The summed E-state index contributed by atoms with van der Waals surface area (Å²) >= 11 is 0. The number of likely N-dealkylation sites (N-methyl/N-ethyl adjacent to an activating group) is 1. The number of carbonyl (C=O) groups excluding carboxylic acids is 2. The summed E-state index contributed by atoms with van der Waals surface area (Å²) in [5.41, 5.74) is 1.56. The van der Waals surface area contributed by atoms with Crippen molar-refractivity contribution in [3.63, 3.8) is 0 Å². The molecule has 1 aromatic carbocycles. The first kappa shape index (κ1) is 19.2. The molecule has 5 unspecified atom stereocenters. The Morgan fingerprint density at radius 2 is 1.75 bits per heavy atom. The summed E-state index contributed by atoms with van der Waals surface area (Å²) in [6.07, 6.45) is 1.52. The number of benzene rings is 1. The Bertz CT molecular complexity index is 801. The van der Waals surface area contributed by atoms with Crippen LogP contribution in [0.1, 0.15) is 38.3 Å². The molecule has 28 heavy (non-hydrogen) atoms. The Kier molecular flexibility index (Phi) is 5.04. The van der Waals surface area contributed by atoms with Gasteiger partial charge in [-0.15, -0.1) is 0 Å². The van der Waals surface area contributed by atoms with Gasteiger partial charge in [0.1, 0.15) is 6.10 Å². The Labute approximate surface area is 167 Å². The molecule has 1 aromatic rings. The summed E-state index contributed by atoms with van der Waals surface area (Å²) in [6, 6.07) is 9.54. The molecule has 0 N–H and O–H groups in total. The number of hydrogen-bond acceptors (Lipinski definition) is 4. The molecule has 1 amide bonds. The quantitative estimate of drug-likeness (QED) is 0.803. The summed E-state index contributed by atoms with van der Waals surface area (Å²) in [7, 11) is 3.98. The van der Waals surface area contributed by atoms with E-state index in [9.17, 15) is 9.59 Å². The lowest BCUT2D eigenvalue weighted by Crippen LogP contribution is -2.43. The molecule has 3 aliphatic rings. The van der Waals surface area contributed by atoms with E-state index in [0.717, 1.165) is 24.9 Å². The summed E-state index contributed by atoms with van der Waals surface area (Å²) in [6.45, 7) is 5.74. The highest BCUT2D eigenvalue weighted by Gasteiger charge is 2.53. The van der Waals surface area contributed by atoms with Crippen LogP contribution < -0.4 is 0 Å². The fraction of sp³-hybridized carbons (Fsp3) is 0.565. The smallest absolute Gasteiger partial charge is 0.290 e. The summed E-state index contributed by atoms with van der Waals surface area (Å²) in [5.74, 6) is 1.16. The maximum atomic E-state index is 13.6. The molecule has 1 fully saturated rings. The molecule has 2 aliphatic heterocycles. The van der Waals surface area contributed by atoms with Crippen LogP contribution in [0.25, 0.3) is 0 Å². The standard InChI is InChI=1S/C23H30N2O3/c1-14-12-17-18(13-15(14)2)28-22-19(21(17)26)20(16-8-6-5-7-9-16)25(23(22)27)11-10-24(3)4/h5-9,14-15,17-18,20H,10-13H2,1-4H3. The highest BCUT2D eigenvalue weighted by molar-refractivity contribution is 6.11. The topological polar surface area (TPSA) is 49.9 Å². The van der Waals surface area contributed by atoms with Crippen molar-refractivity contribution < 1.29 is 14.3 Å². The molecule has 1 aliphatic carbocycles. The Morgan fingerprint density at radius 1 is 1.07 bits per heavy atom. The van der Waals surface area contributed by atoms with Gasteiger partial charge in [0.15, 0.2) is 11.5 Å². The van der Waals surface area contributed by atoms with Crippen molar-refractivity contribution in [1.82, 2.24) is 9.80 Å². The van der Waals surface area contributed by atoms with Gasteiger partial charge in [0.2, 0.25) is 0 Å². The number of ketones is 1. The molecule has 150 valence electrons. The van der Waals surface area contributed by atoms with Gasteiger partial charge in [0.25, 0.3) is 5.91 Å². The van der Waals surface area contributed by atoms with Gasteiger partial charge in [-0.3, -0.25) is 9.59 Å². The Hall–Kier alpha value is -2.14. The predicted octanol–water partition coefficient (Wildman–Crippen LogP) is 3.04. The van der Waals surface area contributed by atoms with Gasteiger partial charge in [-0.1, -0.05) is 44.2 Å². The first-order valence-corrected chi connectivity index (χ1v) is 10.3. The number of hydrogen-bond donors (Lipinski definition) is 0. The number of amides is 1. The van der Waals surface area contributed by atoms with E-state index in [1.54, 1.807) is 0 Å². The maximum absolute atomic E-state index is 13.6. The van der Waals surface area contributed by atoms with Gasteiger partial charge in [0, 0.05) is 13.1 Å². The number of ether oxygens (including phenoxy) is 1. The zero-order valence-corrected chi connectivity index (χ0v) is 17.2. The molecule has 0 radical (unpaired) electrons. The van der Waals surface area contributed by atoms with Gasteiger partial charge >= 0.3 is 0 Å². The van der Waals surface area contributed by atoms with Crippen LogP contribution in [0.3, 0.4) is 0 Å². The van der Waals surface area contributed by atoms with E-state index in [2.05, 4.69) is 18.7 Å². The van der Waals surface area contributed by atoms with Crippen molar-refractivity contribution in [3.05, 3.63) is 47.2 Å². The first-order chi connectivity index (χ1) is 13.4. The molecular formula is C23H30N2O3. The van der Waals surface area contributed by atoms with Crippen molar-refractivity contribution >= 4 is 11.7 Å². The minimum absolute atomic E-state index is 0.125. The third kappa shape index (κ3) is 3.16. The third-order valence-electron chi connectivity index (χ3n) is 6.71. The number of Topliss-reactive ketones (excluding diaryl/α,β-unsaturated/α-hetero) is 1. The zero-order chi connectivity index (χ0) is 20.0. The number of nitrogens with zero attached hydrogens (tertiary/aromatic N) is 2. The van der Waals surface area contributed by atoms with Gasteiger partial charge in [-0.2, -0.15) is 0 Å². The van der Waals surface area contributed by atoms with Crippen LogP contribution in [0, 0.1) is 17.8 Å². The molecule has 0 saturated heterocycles. The molecule has 2 heterocycles. The molecular weight excluding hydrogens is 352 g/mol. The highest BCUT2D eigenvalue weighted by Crippen LogP contribution is 2.48. The molecule has 0 bridgehead atoms. The van der Waals surface area contributed by atoms with E-state index < -0.39 is 0 Å². The first-order valence-electron chi connectivity index (χ1n) is 10.3. The minimum atomic E-state index is -0.341. The second-order valence-corrected chi connectivity index (χ2v) is 8.91. The lowest BCUT2D eigenvalue weighted by Gasteiger charge is -2.40. The average molecular weight is 383 g/mol. The Balaban J connectivity index is 1.73. The second-order valence-electron chi connectivity index (χ2n) is 8.91. The summed E-state index contributed by atoms with van der Waals surface area (Å²) < 4.78 is 6.26. The molecule has 0 aromatic heterocycles. The summed E-state index contributed by atoms with van der Waals surface area (Å²) in [5, 5.41) is 0. The van der Waals surface area contributed by atoms with Crippen LogP contribution in [0.5, 0.6) is 0 Å². The number of carbonyl (C=O) groups is 2. The number of fused-ring (bicyclic) bond motifs is 1. The van der Waals surface area contributed by atoms with Gasteiger partial charge in [-0.05, 0) is 44.3 Å². The normalized spacial score (nSPS) is 32.5. The zero-order valence-electron chi connectivity index (χ0n) is 17.2. The molecule has 4 rings (SSSR count). The molecule has 0 spiro atoms. The van der Waals surface area contributed by atoms with Crippen LogP contribution in [0.4, 0.5) is 0 Å². The van der Waals surface area contributed by atoms with Crippen molar-refractivity contribution in [1.29, 1.82) is 0 Å². The van der Waals surface area contributed by atoms with Gasteiger partial charge in [-0.25, -0.2) is 0 Å². The largest absolute Gasteiger partial charge is 0.483 e.